The van der Waals surface area contributed by atoms with Crippen molar-refractivity contribution in [1.82, 2.24) is 10.6 Å². The van der Waals surface area contributed by atoms with E-state index >= 15 is 0 Å². The number of hydrogen-bond acceptors (Lipinski definition) is 3. The first-order chi connectivity index (χ1) is 12.7. The molecule has 0 aromatic heterocycles. The number of ether oxygens (including phenoxy) is 1. The Labute approximate surface area is 164 Å². The summed E-state index contributed by atoms with van der Waals surface area (Å²) in [7, 11) is 0. The highest BCUT2D eigenvalue weighted by molar-refractivity contribution is 5.87. The van der Waals surface area contributed by atoms with Gasteiger partial charge in [0.25, 0.3) is 0 Å². The average Bonchev–Trinajstić information content (AvgIpc) is 3.09. The lowest BCUT2D eigenvalue weighted by Crippen LogP contribution is -2.57. The maximum absolute atomic E-state index is 13.6. The Bertz CT molecular complexity index is 799. The third-order valence-electron chi connectivity index (χ3n) is 5.45. The van der Waals surface area contributed by atoms with Crippen LogP contribution in [0.15, 0.2) is 48.5 Å². The predicted molar refractivity (Wildman–Crippen MR) is 105 cm³/mol. The average molecular weight is 391 g/mol. The molecule has 6 heteroatoms. The van der Waals surface area contributed by atoms with Gasteiger partial charge in [-0.25, -0.2) is 4.39 Å². The van der Waals surface area contributed by atoms with Gasteiger partial charge in [-0.15, -0.1) is 12.4 Å². The highest BCUT2D eigenvalue weighted by Crippen LogP contribution is 2.37. The monoisotopic (exact) mass is 390 g/mol. The lowest BCUT2D eigenvalue weighted by Gasteiger charge is -2.33. The molecule has 2 atom stereocenters. The van der Waals surface area contributed by atoms with Crippen molar-refractivity contribution >= 4 is 18.3 Å². The lowest BCUT2D eigenvalue weighted by molar-refractivity contribution is -0.129. The molecule has 2 aliphatic heterocycles. The minimum atomic E-state index is -0.400. The standard InChI is InChI=1S/C21H23FN2O2.ClH/c22-18-5-2-1-4-16(18)14-26-17-8-6-15(7-9-17)19-10-12-21(24-19)11-3-13-23-20(21)25;/h1-2,4-9,19,24H,3,10-14H2,(H,23,25);1H/t19-,21+;/m1./s1. The molecule has 0 saturated carbocycles. The van der Waals surface area contributed by atoms with Crippen LogP contribution in [0.2, 0.25) is 0 Å². The molecular weight excluding hydrogens is 367 g/mol. The maximum Gasteiger partial charge on any atom is 0.240 e. The molecule has 4 nitrogen and oxygen atoms in total. The number of halogens is 2. The van der Waals surface area contributed by atoms with Crippen LogP contribution in [0.3, 0.4) is 0 Å². The number of amides is 1. The highest BCUT2D eigenvalue weighted by Gasteiger charge is 2.45. The van der Waals surface area contributed by atoms with Crippen LogP contribution >= 0.6 is 12.4 Å². The van der Waals surface area contributed by atoms with Crippen molar-refractivity contribution in [1.29, 1.82) is 0 Å². The van der Waals surface area contributed by atoms with Crippen LogP contribution in [0.1, 0.15) is 42.9 Å². The maximum atomic E-state index is 13.6. The van der Waals surface area contributed by atoms with E-state index < -0.39 is 5.54 Å². The van der Waals surface area contributed by atoms with Crippen LogP contribution in [0.25, 0.3) is 0 Å². The molecule has 2 aromatic carbocycles. The molecule has 0 radical (unpaired) electrons. The van der Waals surface area contributed by atoms with Gasteiger partial charge >= 0.3 is 0 Å². The molecule has 1 amide bonds. The van der Waals surface area contributed by atoms with E-state index in [1.54, 1.807) is 18.2 Å². The molecule has 4 rings (SSSR count). The predicted octanol–water partition coefficient (Wildman–Crippen LogP) is 3.90. The topological polar surface area (TPSA) is 50.4 Å². The van der Waals surface area contributed by atoms with E-state index in [1.807, 2.05) is 24.3 Å². The minimum Gasteiger partial charge on any atom is -0.489 e. The van der Waals surface area contributed by atoms with E-state index in [0.29, 0.717) is 11.3 Å². The normalized spacial score (nSPS) is 24.3. The van der Waals surface area contributed by atoms with Crippen molar-refractivity contribution in [3.05, 3.63) is 65.5 Å². The summed E-state index contributed by atoms with van der Waals surface area (Å²) in [6.07, 6.45) is 3.74. The van der Waals surface area contributed by atoms with E-state index in [9.17, 15) is 9.18 Å². The first kappa shape index (κ1) is 19.6. The SMILES string of the molecule is Cl.O=C1NCCC[C@]12CC[C@H](c1ccc(OCc3ccccc3F)cc1)N2. The second-order valence-corrected chi connectivity index (χ2v) is 7.13. The molecular formula is C21H24ClFN2O2. The molecule has 0 bridgehead atoms. The molecule has 144 valence electrons. The summed E-state index contributed by atoms with van der Waals surface area (Å²) >= 11 is 0. The minimum absolute atomic E-state index is 0. The molecule has 0 unspecified atom stereocenters. The van der Waals surface area contributed by atoms with Gasteiger partial charge in [0.1, 0.15) is 18.2 Å². The van der Waals surface area contributed by atoms with Gasteiger partial charge in [0.2, 0.25) is 5.91 Å². The van der Waals surface area contributed by atoms with Crippen molar-refractivity contribution in [3.63, 3.8) is 0 Å². The van der Waals surface area contributed by atoms with Crippen molar-refractivity contribution in [2.45, 2.75) is 43.9 Å². The van der Waals surface area contributed by atoms with Gasteiger partial charge in [0.05, 0.1) is 5.54 Å². The zero-order valence-electron chi connectivity index (χ0n) is 15.0. The Hall–Kier alpha value is -2.11. The second kappa shape index (κ2) is 8.28. The first-order valence-electron chi connectivity index (χ1n) is 9.18. The van der Waals surface area contributed by atoms with Crippen molar-refractivity contribution in [2.24, 2.45) is 0 Å². The Morgan fingerprint density at radius 1 is 1.11 bits per heavy atom. The zero-order valence-corrected chi connectivity index (χ0v) is 15.9. The molecule has 2 N–H and O–H groups in total. The molecule has 1 spiro atoms. The van der Waals surface area contributed by atoms with Crippen molar-refractivity contribution in [3.8, 4) is 5.75 Å². The molecule has 2 saturated heterocycles. The van der Waals surface area contributed by atoms with Crippen molar-refractivity contribution < 1.29 is 13.9 Å². The van der Waals surface area contributed by atoms with E-state index in [-0.39, 0.29) is 36.8 Å². The van der Waals surface area contributed by atoms with E-state index in [2.05, 4.69) is 10.6 Å². The summed E-state index contributed by atoms with van der Waals surface area (Å²) in [4.78, 5) is 12.3. The van der Waals surface area contributed by atoms with Gasteiger partial charge in [-0.1, -0.05) is 30.3 Å². The van der Waals surface area contributed by atoms with Gasteiger partial charge in [0, 0.05) is 18.2 Å². The van der Waals surface area contributed by atoms with Crippen LogP contribution in [0, 0.1) is 5.82 Å². The van der Waals surface area contributed by atoms with E-state index in [0.717, 1.165) is 37.8 Å². The molecule has 2 aromatic rings. The van der Waals surface area contributed by atoms with Crippen LogP contribution in [0.5, 0.6) is 5.75 Å². The van der Waals surface area contributed by atoms with Gasteiger partial charge in [-0.05, 0) is 49.4 Å². The molecule has 0 aliphatic carbocycles. The number of carbonyl (C=O) groups excluding carboxylic acids is 1. The summed E-state index contributed by atoms with van der Waals surface area (Å²) in [5.41, 5.74) is 1.29. The fourth-order valence-electron chi connectivity index (χ4n) is 3.94. The number of piperidine rings is 1. The third-order valence-corrected chi connectivity index (χ3v) is 5.45. The zero-order chi connectivity index (χ0) is 18.0. The lowest BCUT2D eigenvalue weighted by atomic mass is 9.88. The Morgan fingerprint density at radius 2 is 1.89 bits per heavy atom. The van der Waals surface area contributed by atoms with Gasteiger partial charge in [0.15, 0.2) is 0 Å². The highest BCUT2D eigenvalue weighted by atomic mass is 35.5. The molecule has 2 aliphatic rings. The van der Waals surface area contributed by atoms with Gasteiger partial charge in [-0.2, -0.15) is 0 Å². The van der Waals surface area contributed by atoms with Gasteiger partial charge < -0.3 is 10.1 Å². The number of nitrogens with one attached hydrogen (secondary N) is 2. The number of carbonyl (C=O) groups is 1. The smallest absolute Gasteiger partial charge is 0.240 e. The summed E-state index contributed by atoms with van der Waals surface area (Å²) in [5, 5.41) is 6.54. The Morgan fingerprint density at radius 3 is 2.63 bits per heavy atom. The van der Waals surface area contributed by atoms with E-state index in [4.69, 9.17) is 4.74 Å². The second-order valence-electron chi connectivity index (χ2n) is 7.13. The van der Waals surface area contributed by atoms with Crippen LogP contribution in [0.4, 0.5) is 4.39 Å². The van der Waals surface area contributed by atoms with Crippen LogP contribution in [-0.2, 0) is 11.4 Å². The summed E-state index contributed by atoms with van der Waals surface area (Å²) < 4.78 is 19.3. The number of hydrogen-bond donors (Lipinski definition) is 2. The largest absolute Gasteiger partial charge is 0.489 e. The third kappa shape index (κ3) is 4.09. The molecule has 27 heavy (non-hydrogen) atoms. The molecule has 2 fully saturated rings. The quantitative estimate of drug-likeness (QED) is 0.832. The van der Waals surface area contributed by atoms with Crippen LogP contribution < -0.4 is 15.4 Å². The fraction of sp³-hybridized carbons (Fsp3) is 0.381. The van der Waals surface area contributed by atoms with Crippen LogP contribution in [-0.4, -0.2) is 18.0 Å². The Kier molecular flexibility index (Phi) is 6.02. The first-order valence-corrected chi connectivity index (χ1v) is 9.18. The number of benzene rings is 2. The summed E-state index contributed by atoms with van der Waals surface area (Å²) in [5.74, 6) is 0.589. The fourth-order valence-corrected chi connectivity index (χ4v) is 3.94. The molecule has 2 heterocycles. The van der Waals surface area contributed by atoms with E-state index in [1.165, 1.54) is 6.07 Å². The Balaban J connectivity index is 0.00000210. The summed E-state index contributed by atoms with van der Waals surface area (Å²) in [6, 6.07) is 14.7. The van der Waals surface area contributed by atoms with Gasteiger partial charge in [-0.3, -0.25) is 10.1 Å². The number of rotatable bonds is 4. The van der Waals surface area contributed by atoms with Crippen molar-refractivity contribution in [2.75, 3.05) is 6.54 Å². The summed E-state index contributed by atoms with van der Waals surface area (Å²) in [6.45, 7) is 0.984.